The molecular weight excluding hydrogens is 364 g/mol. The highest BCUT2D eigenvalue weighted by Gasteiger charge is 2.39. The van der Waals surface area contributed by atoms with E-state index in [0.717, 1.165) is 31.4 Å². The maximum atomic E-state index is 14.6. The number of nitrogens with one attached hydrogen (secondary N) is 1. The fourth-order valence-electron chi connectivity index (χ4n) is 2.57. The first kappa shape index (κ1) is 21.6. The third kappa shape index (κ3) is 6.46. The predicted octanol–water partition coefficient (Wildman–Crippen LogP) is 6.76. The number of halogens is 1. The van der Waals surface area contributed by atoms with Crippen LogP contribution < -0.4 is 5.32 Å². The Hall–Kier alpha value is -1.68. The van der Waals surface area contributed by atoms with Crippen molar-refractivity contribution >= 4 is 13.3 Å². The number of hydrogen-bond acceptors (Lipinski definition) is 4. The number of benzene rings is 2. The van der Waals surface area contributed by atoms with E-state index in [1.807, 2.05) is 44.2 Å². The number of para-hydroxylation sites is 1. The van der Waals surface area contributed by atoms with Crippen molar-refractivity contribution in [2.45, 2.75) is 45.3 Å². The summed E-state index contributed by atoms with van der Waals surface area (Å²) in [6.45, 7) is 4.67. The summed E-state index contributed by atoms with van der Waals surface area (Å²) >= 11 is 0. The van der Waals surface area contributed by atoms with Gasteiger partial charge in [0.2, 0.25) is 0 Å². The highest BCUT2D eigenvalue weighted by atomic mass is 31.2. The number of unbranched alkanes of at least 4 members (excludes halogenated alkanes) is 2. The molecule has 6 heteroatoms. The second-order valence-corrected chi connectivity index (χ2v) is 8.46. The molecule has 0 aliphatic carbocycles. The van der Waals surface area contributed by atoms with Crippen LogP contribution in [0.2, 0.25) is 0 Å². The molecule has 0 radical (unpaired) electrons. The molecule has 1 atom stereocenters. The lowest BCUT2D eigenvalue weighted by Crippen LogP contribution is -2.17. The van der Waals surface area contributed by atoms with Gasteiger partial charge in [0.15, 0.2) is 5.78 Å². The van der Waals surface area contributed by atoms with Gasteiger partial charge >= 0.3 is 7.60 Å². The monoisotopic (exact) mass is 393 g/mol. The molecule has 2 aromatic carbocycles. The molecule has 0 aliphatic heterocycles. The highest BCUT2D eigenvalue weighted by Crippen LogP contribution is 2.61. The number of hydrogen-bond donors (Lipinski definition) is 1. The largest absolute Gasteiger partial charge is 0.368 e. The Kier molecular flexibility index (Phi) is 8.99. The molecule has 0 amide bonds. The summed E-state index contributed by atoms with van der Waals surface area (Å²) < 4.78 is 39.9. The second kappa shape index (κ2) is 11.2. The maximum absolute atomic E-state index is 14.6. The quantitative estimate of drug-likeness (QED) is 0.320. The minimum Gasteiger partial charge on any atom is -0.368 e. The molecule has 148 valence electrons. The molecule has 27 heavy (non-hydrogen) atoms. The zero-order valence-electron chi connectivity index (χ0n) is 16.1. The van der Waals surface area contributed by atoms with Crippen molar-refractivity contribution in [3.05, 3.63) is 66.0 Å². The van der Waals surface area contributed by atoms with E-state index in [2.05, 4.69) is 5.32 Å². The van der Waals surface area contributed by atoms with Gasteiger partial charge in [-0.3, -0.25) is 4.57 Å². The molecule has 0 aromatic heterocycles. The molecule has 2 aromatic rings. The van der Waals surface area contributed by atoms with Gasteiger partial charge < -0.3 is 14.4 Å². The van der Waals surface area contributed by atoms with Crippen LogP contribution in [-0.4, -0.2) is 13.2 Å². The molecule has 1 N–H and O–H groups in total. The molecule has 0 aliphatic rings. The Morgan fingerprint density at radius 2 is 1.48 bits per heavy atom. The molecule has 0 saturated heterocycles. The van der Waals surface area contributed by atoms with Gasteiger partial charge in [-0.1, -0.05) is 63.1 Å². The third-order valence-corrected chi connectivity index (χ3v) is 6.26. The lowest BCUT2D eigenvalue weighted by atomic mass is 10.2. The van der Waals surface area contributed by atoms with Crippen molar-refractivity contribution in [2.24, 2.45) is 0 Å². The Balaban J connectivity index is 2.38. The molecule has 0 fully saturated rings. The first-order chi connectivity index (χ1) is 13.1. The van der Waals surface area contributed by atoms with Crippen LogP contribution in [0.4, 0.5) is 10.1 Å². The van der Waals surface area contributed by atoms with Gasteiger partial charge in [0, 0.05) is 11.3 Å². The normalized spacial score (nSPS) is 12.7. The summed E-state index contributed by atoms with van der Waals surface area (Å²) in [5.74, 6) is -1.36. The van der Waals surface area contributed by atoms with Gasteiger partial charge in [0.1, 0.15) is 5.82 Å². The predicted molar refractivity (Wildman–Crippen MR) is 109 cm³/mol. The van der Waals surface area contributed by atoms with Gasteiger partial charge in [-0.2, -0.15) is 0 Å². The van der Waals surface area contributed by atoms with Gasteiger partial charge in [0.25, 0.3) is 0 Å². The van der Waals surface area contributed by atoms with Gasteiger partial charge in [-0.05, 0) is 31.0 Å². The zero-order chi connectivity index (χ0) is 19.5. The minimum atomic E-state index is -3.65. The van der Waals surface area contributed by atoms with E-state index in [1.165, 1.54) is 6.07 Å². The van der Waals surface area contributed by atoms with E-state index in [4.69, 9.17) is 9.05 Å². The number of rotatable bonds is 12. The average molecular weight is 393 g/mol. The van der Waals surface area contributed by atoms with Crippen molar-refractivity contribution in [1.29, 1.82) is 0 Å². The van der Waals surface area contributed by atoms with Crippen molar-refractivity contribution < 1.29 is 18.0 Å². The summed E-state index contributed by atoms with van der Waals surface area (Å²) in [6.07, 6.45) is 3.34. The van der Waals surface area contributed by atoms with E-state index in [-0.39, 0.29) is 5.56 Å². The average Bonchev–Trinajstić information content (AvgIpc) is 2.68. The molecule has 0 heterocycles. The van der Waals surface area contributed by atoms with E-state index in [0.29, 0.717) is 13.2 Å². The summed E-state index contributed by atoms with van der Waals surface area (Å²) in [5.41, 5.74) is 1.00. The summed E-state index contributed by atoms with van der Waals surface area (Å²) in [6, 6.07) is 15.6. The topological polar surface area (TPSA) is 47.6 Å². The standard InChI is InChI=1S/C21H29FNO3P/c1-3-5-16-25-27(24,26-17-6-4-2)21(19-14-10-11-15-20(19)22)23-18-12-8-7-9-13-18/h7-15,21,23H,3-6,16-17H2,1-2H3/t21-/m1/s1. The van der Waals surface area contributed by atoms with Crippen molar-refractivity contribution in [2.75, 3.05) is 18.5 Å². The second-order valence-electron chi connectivity index (χ2n) is 6.35. The molecule has 4 nitrogen and oxygen atoms in total. The van der Waals surface area contributed by atoms with Gasteiger partial charge in [-0.25, -0.2) is 4.39 Å². The SMILES string of the molecule is CCCCOP(=O)(OCCCC)[C@@H](Nc1ccccc1)c1ccccc1F. The smallest absolute Gasteiger partial charge is 0.357 e. The molecule has 0 bridgehead atoms. The molecule has 0 spiro atoms. The highest BCUT2D eigenvalue weighted by molar-refractivity contribution is 7.54. The van der Waals surface area contributed by atoms with E-state index in [9.17, 15) is 8.96 Å². The van der Waals surface area contributed by atoms with Crippen molar-refractivity contribution in [3.8, 4) is 0 Å². The first-order valence-corrected chi connectivity index (χ1v) is 11.2. The van der Waals surface area contributed by atoms with Gasteiger partial charge in [0.05, 0.1) is 13.2 Å². The Morgan fingerprint density at radius 3 is 2.04 bits per heavy atom. The van der Waals surface area contributed by atoms with Crippen LogP contribution >= 0.6 is 7.60 Å². The number of anilines is 1. The molecule has 2 rings (SSSR count). The van der Waals surface area contributed by atoms with Crippen LogP contribution in [0.3, 0.4) is 0 Å². The van der Waals surface area contributed by atoms with Crippen molar-refractivity contribution in [3.63, 3.8) is 0 Å². The van der Waals surface area contributed by atoms with Crippen LogP contribution in [0.25, 0.3) is 0 Å². The van der Waals surface area contributed by atoms with Crippen LogP contribution in [0.1, 0.15) is 50.9 Å². The minimum absolute atomic E-state index is 0.276. The van der Waals surface area contributed by atoms with Crippen LogP contribution in [0, 0.1) is 5.82 Å². The van der Waals surface area contributed by atoms with Crippen molar-refractivity contribution in [1.82, 2.24) is 0 Å². The maximum Gasteiger partial charge on any atom is 0.357 e. The molecule has 0 saturated carbocycles. The zero-order valence-corrected chi connectivity index (χ0v) is 17.0. The van der Waals surface area contributed by atoms with Crippen LogP contribution in [-0.2, 0) is 13.6 Å². The third-order valence-electron chi connectivity index (χ3n) is 4.13. The lowest BCUT2D eigenvalue weighted by Gasteiger charge is -2.29. The fourth-order valence-corrected chi connectivity index (χ4v) is 4.57. The lowest BCUT2D eigenvalue weighted by molar-refractivity contribution is 0.194. The summed E-state index contributed by atoms with van der Waals surface area (Å²) in [4.78, 5) is 0. The fraction of sp³-hybridized carbons (Fsp3) is 0.429. The summed E-state index contributed by atoms with van der Waals surface area (Å²) in [5, 5.41) is 3.18. The summed E-state index contributed by atoms with van der Waals surface area (Å²) in [7, 11) is -3.65. The Morgan fingerprint density at radius 1 is 0.926 bits per heavy atom. The molecular formula is C21H29FNO3P. The van der Waals surface area contributed by atoms with Gasteiger partial charge in [-0.15, -0.1) is 0 Å². The molecule has 0 unspecified atom stereocenters. The Labute approximate surface area is 161 Å². The van der Waals surface area contributed by atoms with E-state index in [1.54, 1.807) is 18.2 Å². The van der Waals surface area contributed by atoms with E-state index >= 15 is 0 Å². The Bertz CT molecular complexity index is 712. The first-order valence-electron chi connectivity index (χ1n) is 9.55. The van der Waals surface area contributed by atoms with E-state index < -0.39 is 19.2 Å². The van der Waals surface area contributed by atoms with Crippen LogP contribution in [0.5, 0.6) is 0 Å². The van der Waals surface area contributed by atoms with Crippen LogP contribution in [0.15, 0.2) is 54.6 Å².